The van der Waals surface area contributed by atoms with Crippen molar-refractivity contribution in [1.82, 2.24) is 40.1 Å². The summed E-state index contributed by atoms with van der Waals surface area (Å²) in [5.74, 6) is 0.274. The maximum absolute atomic E-state index is 12.5. The van der Waals surface area contributed by atoms with Gasteiger partial charge in [-0.1, -0.05) is 18.2 Å². The third kappa shape index (κ3) is 3.82. The van der Waals surface area contributed by atoms with E-state index in [4.69, 9.17) is 0 Å². The number of aromatic nitrogens is 7. The Morgan fingerprint density at radius 1 is 1.07 bits per heavy atom. The standard InChI is InChI=1S/C21H20N8O/c30-21(19-14-25-29(27-19)16-4-2-1-3-5-16)24-10-11-28-20(15-6-7-15)12-17(26-28)18-13-22-8-9-23-18/h1-5,8-9,12-15H,6-7,10-11H2,(H,24,30). The monoisotopic (exact) mass is 400 g/mol. The number of hydrogen-bond acceptors (Lipinski definition) is 6. The summed E-state index contributed by atoms with van der Waals surface area (Å²) in [7, 11) is 0. The van der Waals surface area contributed by atoms with Crippen LogP contribution in [-0.4, -0.2) is 47.2 Å². The molecule has 4 aromatic rings. The zero-order valence-corrected chi connectivity index (χ0v) is 16.2. The van der Waals surface area contributed by atoms with E-state index in [0.717, 1.165) is 17.1 Å². The van der Waals surface area contributed by atoms with E-state index in [1.165, 1.54) is 29.5 Å². The van der Waals surface area contributed by atoms with Gasteiger partial charge in [0, 0.05) is 30.6 Å². The Morgan fingerprint density at radius 2 is 1.93 bits per heavy atom. The maximum atomic E-state index is 12.5. The minimum atomic E-state index is -0.258. The van der Waals surface area contributed by atoms with Crippen LogP contribution in [0.25, 0.3) is 17.1 Å². The lowest BCUT2D eigenvalue weighted by Gasteiger charge is -2.07. The number of hydrogen-bond donors (Lipinski definition) is 1. The number of benzene rings is 1. The smallest absolute Gasteiger partial charge is 0.273 e. The Balaban J connectivity index is 1.24. The molecule has 1 amide bonds. The summed E-state index contributed by atoms with van der Waals surface area (Å²) < 4.78 is 1.96. The van der Waals surface area contributed by atoms with Crippen LogP contribution < -0.4 is 5.32 Å². The van der Waals surface area contributed by atoms with Crippen LogP contribution in [0.15, 0.2) is 61.2 Å². The van der Waals surface area contributed by atoms with Crippen LogP contribution in [-0.2, 0) is 6.54 Å². The van der Waals surface area contributed by atoms with E-state index in [9.17, 15) is 4.79 Å². The second-order valence-electron chi connectivity index (χ2n) is 7.15. The molecule has 0 spiro atoms. The quantitative estimate of drug-likeness (QED) is 0.510. The van der Waals surface area contributed by atoms with Crippen LogP contribution in [0.5, 0.6) is 0 Å². The Kier molecular flexibility index (Phi) is 4.76. The van der Waals surface area contributed by atoms with Gasteiger partial charge in [0.25, 0.3) is 5.91 Å². The van der Waals surface area contributed by atoms with Gasteiger partial charge in [0.1, 0.15) is 11.4 Å². The fourth-order valence-corrected chi connectivity index (χ4v) is 3.29. The van der Waals surface area contributed by atoms with Crippen molar-refractivity contribution >= 4 is 5.91 Å². The van der Waals surface area contributed by atoms with E-state index in [1.54, 1.807) is 18.6 Å². The van der Waals surface area contributed by atoms with Crippen molar-refractivity contribution in [3.05, 3.63) is 72.6 Å². The van der Waals surface area contributed by atoms with Crippen LogP contribution in [0.2, 0.25) is 0 Å². The molecule has 1 N–H and O–H groups in total. The first-order valence-corrected chi connectivity index (χ1v) is 9.88. The van der Waals surface area contributed by atoms with Gasteiger partial charge in [-0.3, -0.25) is 19.4 Å². The maximum Gasteiger partial charge on any atom is 0.273 e. The molecule has 0 saturated heterocycles. The second kappa shape index (κ2) is 7.86. The van der Waals surface area contributed by atoms with Crippen LogP contribution in [0.4, 0.5) is 0 Å². The number of nitrogens with zero attached hydrogens (tertiary/aromatic N) is 7. The number of carbonyl (C=O) groups excluding carboxylic acids is 1. The van der Waals surface area contributed by atoms with E-state index < -0.39 is 0 Å². The fraction of sp³-hybridized carbons (Fsp3) is 0.238. The van der Waals surface area contributed by atoms with Gasteiger partial charge in [-0.15, -0.1) is 5.10 Å². The van der Waals surface area contributed by atoms with E-state index in [1.807, 2.05) is 35.0 Å². The molecule has 0 bridgehead atoms. The first kappa shape index (κ1) is 18.2. The fourth-order valence-electron chi connectivity index (χ4n) is 3.29. The van der Waals surface area contributed by atoms with E-state index in [0.29, 0.717) is 19.0 Å². The third-order valence-electron chi connectivity index (χ3n) is 4.95. The minimum absolute atomic E-state index is 0.258. The predicted molar refractivity (Wildman–Crippen MR) is 109 cm³/mol. The molecule has 9 heteroatoms. The van der Waals surface area contributed by atoms with Gasteiger partial charge < -0.3 is 5.32 Å². The highest BCUT2D eigenvalue weighted by molar-refractivity contribution is 5.91. The lowest BCUT2D eigenvalue weighted by molar-refractivity contribution is 0.0946. The zero-order chi connectivity index (χ0) is 20.3. The number of rotatable bonds is 7. The summed E-state index contributed by atoms with van der Waals surface area (Å²) in [5, 5.41) is 16.0. The van der Waals surface area contributed by atoms with Gasteiger partial charge in [0.2, 0.25) is 0 Å². The average Bonchev–Trinajstić information content (AvgIpc) is 3.35. The molecule has 30 heavy (non-hydrogen) atoms. The summed E-state index contributed by atoms with van der Waals surface area (Å²) in [5.41, 5.74) is 3.82. The molecule has 1 fully saturated rings. The number of carbonyl (C=O) groups is 1. The highest BCUT2D eigenvalue weighted by Crippen LogP contribution is 2.41. The Bertz CT molecular complexity index is 1150. The molecule has 3 heterocycles. The summed E-state index contributed by atoms with van der Waals surface area (Å²) >= 11 is 0. The van der Waals surface area contributed by atoms with E-state index in [-0.39, 0.29) is 11.6 Å². The van der Waals surface area contributed by atoms with Crippen molar-refractivity contribution < 1.29 is 4.79 Å². The van der Waals surface area contributed by atoms with Crippen LogP contribution in [0.3, 0.4) is 0 Å². The molecule has 0 aliphatic heterocycles. The van der Waals surface area contributed by atoms with Gasteiger partial charge in [-0.25, -0.2) is 0 Å². The number of nitrogens with one attached hydrogen (secondary N) is 1. The van der Waals surface area contributed by atoms with Gasteiger partial charge in [0.05, 0.1) is 24.6 Å². The molecule has 3 aromatic heterocycles. The summed E-state index contributed by atoms with van der Waals surface area (Å²) in [6, 6.07) is 11.6. The van der Waals surface area contributed by atoms with Crippen LogP contribution in [0.1, 0.15) is 34.9 Å². The largest absolute Gasteiger partial charge is 0.349 e. The first-order chi connectivity index (χ1) is 14.8. The van der Waals surface area contributed by atoms with Gasteiger partial charge >= 0.3 is 0 Å². The molecule has 9 nitrogen and oxygen atoms in total. The summed E-state index contributed by atoms with van der Waals surface area (Å²) in [4.78, 5) is 22.4. The molecule has 1 aliphatic rings. The third-order valence-corrected chi connectivity index (χ3v) is 4.95. The van der Waals surface area contributed by atoms with Crippen LogP contribution in [0, 0.1) is 0 Å². The molecule has 0 radical (unpaired) electrons. The van der Waals surface area contributed by atoms with Gasteiger partial charge in [-0.05, 0) is 31.0 Å². The molecule has 1 aliphatic carbocycles. The Labute approximate surface area is 172 Å². The van der Waals surface area contributed by atoms with Crippen molar-refractivity contribution in [2.75, 3.05) is 6.54 Å². The molecule has 150 valence electrons. The summed E-state index contributed by atoms with van der Waals surface area (Å²) in [6.45, 7) is 1.02. The van der Waals surface area contributed by atoms with Gasteiger partial charge in [0.15, 0.2) is 5.69 Å². The highest BCUT2D eigenvalue weighted by Gasteiger charge is 2.28. The van der Waals surface area contributed by atoms with E-state index in [2.05, 4.69) is 36.6 Å². The SMILES string of the molecule is O=C(NCCn1nc(-c2cnccn2)cc1C1CC1)c1cnn(-c2ccccc2)n1. The predicted octanol–water partition coefficient (Wildman–Crippen LogP) is 2.23. The van der Waals surface area contributed by atoms with Crippen molar-refractivity contribution in [3.8, 4) is 17.1 Å². The zero-order valence-electron chi connectivity index (χ0n) is 16.2. The minimum Gasteiger partial charge on any atom is -0.349 e. The lowest BCUT2D eigenvalue weighted by atomic mass is 10.2. The summed E-state index contributed by atoms with van der Waals surface area (Å²) in [6.07, 6.45) is 8.82. The molecule has 5 rings (SSSR count). The van der Waals surface area contributed by atoms with Crippen molar-refractivity contribution in [2.45, 2.75) is 25.3 Å². The second-order valence-corrected chi connectivity index (χ2v) is 7.15. The average molecular weight is 400 g/mol. The van der Waals surface area contributed by atoms with Crippen molar-refractivity contribution in [3.63, 3.8) is 0 Å². The van der Waals surface area contributed by atoms with Crippen molar-refractivity contribution in [1.29, 1.82) is 0 Å². The topological polar surface area (TPSA) is 103 Å². The normalized spacial score (nSPS) is 13.3. The lowest BCUT2D eigenvalue weighted by Crippen LogP contribution is -2.28. The number of para-hydroxylation sites is 1. The van der Waals surface area contributed by atoms with Crippen LogP contribution >= 0.6 is 0 Å². The van der Waals surface area contributed by atoms with Gasteiger partial charge in [-0.2, -0.15) is 15.0 Å². The molecule has 1 aromatic carbocycles. The molecule has 1 saturated carbocycles. The Morgan fingerprint density at radius 3 is 2.70 bits per heavy atom. The highest BCUT2D eigenvalue weighted by atomic mass is 16.2. The molecule has 0 unspecified atom stereocenters. The number of amides is 1. The molecular formula is C21H20N8O. The first-order valence-electron chi connectivity index (χ1n) is 9.88. The molecule has 0 atom stereocenters. The Hall–Kier alpha value is -3.88. The van der Waals surface area contributed by atoms with Crippen molar-refractivity contribution in [2.24, 2.45) is 0 Å². The van der Waals surface area contributed by atoms with E-state index >= 15 is 0 Å². The molecular weight excluding hydrogens is 380 g/mol.